The number of carbonyl (C=O) groups excluding carboxylic acids is 1. The Labute approximate surface area is 114 Å². The van der Waals surface area contributed by atoms with E-state index >= 15 is 0 Å². The average Bonchev–Trinajstić information content (AvgIpc) is 2.41. The molecule has 19 heavy (non-hydrogen) atoms. The van der Waals surface area contributed by atoms with Crippen molar-refractivity contribution in [1.82, 2.24) is 0 Å². The summed E-state index contributed by atoms with van der Waals surface area (Å²) in [6, 6.07) is 15.6. The normalized spacial score (nSPS) is 11.6. The molecular formula is C14H13NO3S. The first-order valence-electron chi connectivity index (χ1n) is 5.68. The van der Waals surface area contributed by atoms with E-state index in [2.05, 4.69) is 5.32 Å². The minimum atomic E-state index is -1.54. The summed E-state index contributed by atoms with van der Waals surface area (Å²) in [5.74, 6) is 0.345. The van der Waals surface area contributed by atoms with Crippen molar-refractivity contribution in [3.05, 3.63) is 54.6 Å². The van der Waals surface area contributed by atoms with Crippen LogP contribution in [0.25, 0.3) is 0 Å². The third kappa shape index (κ3) is 3.93. The predicted octanol–water partition coefficient (Wildman–Crippen LogP) is 2.75. The zero-order valence-corrected chi connectivity index (χ0v) is 11.1. The van der Waals surface area contributed by atoms with Gasteiger partial charge in [0.15, 0.2) is 0 Å². The van der Waals surface area contributed by atoms with Crippen LogP contribution in [0.2, 0.25) is 0 Å². The summed E-state index contributed by atoms with van der Waals surface area (Å²) in [4.78, 5) is 11.5. The molecule has 2 aromatic rings. The lowest BCUT2D eigenvalue weighted by Crippen LogP contribution is -2.05. The van der Waals surface area contributed by atoms with Gasteiger partial charge < -0.3 is 9.50 Å². The number of amides is 1. The molecule has 0 aliphatic carbocycles. The Balaban J connectivity index is 2.04. The predicted molar refractivity (Wildman–Crippen MR) is 74.2 cm³/mol. The smallest absolute Gasteiger partial charge is 0.240 e. The molecule has 0 saturated heterocycles. The Kier molecular flexibility index (Phi) is 4.30. The summed E-state index contributed by atoms with van der Waals surface area (Å²) in [6.07, 6.45) is 0. The van der Waals surface area contributed by atoms with Crippen LogP contribution in [0.3, 0.4) is 0 Å². The van der Waals surface area contributed by atoms with Crippen LogP contribution in [-0.4, -0.2) is 10.1 Å². The Bertz CT molecular complexity index is 581. The molecule has 0 radical (unpaired) electrons. The first kappa shape index (κ1) is 13.3. The molecule has 0 aliphatic rings. The van der Waals surface area contributed by atoms with Gasteiger partial charge in [0, 0.05) is 12.6 Å². The summed E-state index contributed by atoms with van der Waals surface area (Å²) >= 11 is -1.54. The van der Waals surface area contributed by atoms with Crippen LogP contribution in [-0.2, 0) is 15.9 Å². The number of carbonyl (C=O) groups is 1. The highest BCUT2D eigenvalue weighted by molar-refractivity contribution is 7.80. The number of anilines is 1. The number of nitrogens with one attached hydrogen (secondary N) is 1. The van der Waals surface area contributed by atoms with Gasteiger partial charge in [0.1, 0.15) is 5.75 Å². The minimum absolute atomic E-state index is 0.137. The van der Waals surface area contributed by atoms with Crippen molar-refractivity contribution >= 4 is 22.7 Å². The fourth-order valence-corrected chi connectivity index (χ4v) is 2.23. The first-order valence-corrected chi connectivity index (χ1v) is 6.75. The molecule has 0 heterocycles. The quantitative estimate of drug-likeness (QED) is 0.933. The van der Waals surface area contributed by atoms with Crippen LogP contribution in [0.5, 0.6) is 5.75 Å². The molecule has 0 aliphatic heterocycles. The Hall–Kier alpha value is -2.14. The first-order chi connectivity index (χ1) is 9.15. The third-order valence-corrected chi connectivity index (χ3v) is 3.28. The molecule has 0 aromatic heterocycles. The van der Waals surface area contributed by atoms with E-state index in [0.717, 1.165) is 0 Å². The van der Waals surface area contributed by atoms with Gasteiger partial charge in [-0.05, 0) is 36.4 Å². The minimum Gasteiger partial charge on any atom is -0.397 e. The molecule has 1 amide bonds. The summed E-state index contributed by atoms with van der Waals surface area (Å²) in [5.41, 5.74) is 0.672. The van der Waals surface area contributed by atoms with E-state index < -0.39 is 11.1 Å². The second kappa shape index (κ2) is 6.15. The number of hydrogen-bond donors (Lipinski definition) is 1. The van der Waals surface area contributed by atoms with E-state index in [1.807, 2.05) is 6.07 Å². The third-order valence-electron chi connectivity index (χ3n) is 2.28. The van der Waals surface area contributed by atoms with Gasteiger partial charge >= 0.3 is 0 Å². The van der Waals surface area contributed by atoms with Crippen molar-refractivity contribution in [2.75, 3.05) is 5.32 Å². The van der Waals surface area contributed by atoms with E-state index in [-0.39, 0.29) is 5.91 Å². The van der Waals surface area contributed by atoms with Crippen molar-refractivity contribution in [2.45, 2.75) is 11.8 Å². The van der Waals surface area contributed by atoms with Crippen LogP contribution in [0.4, 0.5) is 5.69 Å². The van der Waals surface area contributed by atoms with Crippen molar-refractivity contribution < 1.29 is 13.2 Å². The monoisotopic (exact) mass is 275 g/mol. The average molecular weight is 275 g/mol. The Morgan fingerprint density at radius 3 is 2.26 bits per heavy atom. The largest absolute Gasteiger partial charge is 0.397 e. The summed E-state index contributed by atoms with van der Waals surface area (Å²) in [7, 11) is 0. The maximum absolute atomic E-state index is 11.9. The number of hydrogen-bond acceptors (Lipinski definition) is 3. The fraction of sp³-hybridized carbons (Fsp3) is 0.0714. The molecule has 0 spiro atoms. The van der Waals surface area contributed by atoms with Gasteiger partial charge in [-0.2, -0.15) is 0 Å². The fourth-order valence-electron chi connectivity index (χ4n) is 1.46. The molecule has 98 valence electrons. The highest BCUT2D eigenvalue weighted by Crippen LogP contribution is 2.18. The molecule has 5 heteroatoms. The van der Waals surface area contributed by atoms with E-state index in [0.29, 0.717) is 16.3 Å². The van der Waals surface area contributed by atoms with Gasteiger partial charge in [0.2, 0.25) is 17.0 Å². The second-order valence-corrected chi connectivity index (χ2v) is 4.94. The van der Waals surface area contributed by atoms with Crippen molar-refractivity contribution in [3.63, 3.8) is 0 Å². The van der Waals surface area contributed by atoms with Crippen LogP contribution in [0.15, 0.2) is 59.5 Å². The van der Waals surface area contributed by atoms with Gasteiger partial charge in [-0.1, -0.05) is 18.2 Å². The standard InChI is InChI=1S/C14H13NO3S/c1-11(16)15-12-7-9-13(10-8-12)18-19(17)14-5-3-2-4-6-14/h2-10H,1H3,(H,15,16). The lowest BCUT2D eigenvalue weighted by atomic mass is 10.3. The molecule has 0 saturated carbocycles. The topological polar surface area (TPSA) is 55.4 Å². The van der Waals surface area contributed by atoms with Crippen LogP contribution >= 0.6 is 0 Å². The van der Waals surface area contributed by atoms with Crippen molar-refractivity contribution in [2.24, 2.45) is 0 Å². The maximum Gasteiger partial charge on any atom is 0.240 e. The molecule has 1 unspecified atom stereocenters. The van der Waals surface area contributed by atoms with Crippen molar-refractivity contribution in [3.8, 4) is 5.75 Å². The van der Waals surface area contributed by atoms with Gasteiger partial charge in [-0.3, -0.25) is 4.79 Å². The van der Waals surface area contributed by atoms with Gasteiger partial charge in [-0.15, -0.1) is 0 Å². The van der Waals surface area contributed by atoms with E-state index in [1.165, 1.54) is 6.92 Å². The lowest BCUT2D eigenvalue weighted by Gasteiger charge is -2.06. The van der Waals surface area contributed by atoms with Gasteiger partial charge in [-0.25, -0.2) is 4.21 Å². The zero-order chi connectivity index (χ0) is 13.7. The van der Waals surface area contributed by atoms with Crippen LogP contribution in [0.1, 0.15) is 6.92 Å². The maximum atomic E-state index is 11.9. The number of benzene rings is 2. The molecule has 0 fully saturated rings. The SMILES string of the molecule is CC(=O)Nc1ccc(OS(=O)c2ccccc2)cc1. The summed E-state index contributed by atoms with van der Waals surface area (Å²) < 4.78 is 17.2. The molecule has 4 nitrogen and oxygen atoms in total. The second-order valence-electron chi connectivity index (χ2n) is 3.84. The highest BCUT2D eigenvalue weighted by atomic mass is 32.2. The van der Waals surface area contributed by atoms with Crippen LogP contribution < -0.4 is 9.50 Å². The van der Waals surface area contributed by atoms with E-state index in [1.54, 1.807) is 48.5 Å². The molecule has 2 rings (SSSR count). The highest BCUT2D eigenvalue weighted by Gasteiger charge is 2.05. The van der Waals surface area contributed by atoms with Crippen molar-refractivity contribution in [1.29, 1.82) is 0 Å². The molecule has 1 atom stereocenters. The summed E-state index contributed by atoms with van der Waals surface area (Å²) in [6.45, 7) is 1.44. The lowest BCUT2D eigenvalue weighted by molar-refractivity contribution is -0.114. The van der Waals surface area contributed by atoms with Gasteiger partial charge in [0.05, 0.1) is 4.90 Å². The number of rotatable bonds is 4. The Morgan fingerprint density at radius 2 is 1.68 bits per heavy atom. The van der Waals surface area contributed by atoms with E-state index in [4.69, 9.17) is 4.18 Å². The van der Waals surface area contributed by atoms with Gasteiger partial charge in [0.25, 0.3) is 0 Å². The Morgan fingerprint density at radius 1 is 1.05 bits per heavy atom. The summed E-state index contributed by atoms with van der Waals surface area (Å²) in [5, 5.41) is 2.65. The van der Waals surface area contributed by atoms with Crippen LogP contribution in [0, 0.1) is 0 Å². The van der Waals surface area contributed by atoms with E-state index in [9.17, 15) is 9.00 Å². The molecule has 0 bridgehead atoms. The molecular weight excluding hydrogens is 262 g/mol. The zero-order valence-electron chi connectivity index (χ0n) is 10.3. The molecule has 2 aromatic carbocycles. The molecule has 1 N–H and O–H groups in total.